The molecule has 0 aliphatic rings. The van der Waals surface area contributed by atoms with Gasteiger partial charge in [-0.25, -0.2) is 4.57 Å². The van der Waals surface area contributed by atoms with Crippen LogP contribution in [0.2, 0.25) is 0 Å². The molecular formula is C42H73O10P. The normalized spacial score (nSPS) is 14.6. The Morgan fingerprint density at radius 1 is 0.528 bits per heavy atom. The SMILES string of the molecule is CC/C=C\C/C=C\C/C=C\C/C=C\C/C=C\CCCCCC(=O)OC(CO)COP(=O)(O)OCC(CO)OC(=O)CCCCCCCCCCCCC. The van der Waals surface area contributed by atoms with Crippen molar-refractivity contribution in [2.75, 3.05) is 26.4 Å². The number of aliphatic hydroxyl groups is 2. The Kier molecular flexibility index (Phi) is 36.3. The predicted octanol–water partition coefficient (Wildman–Crippen LogP) is 10.3. The third-order valence-electron chi connectivity index (χ3n) is 8.24. The van der Waals surface area contributed by atoms with Crippen molar-refractivity contribution in [2.45, 2.75) is 167 Å². The molecule has 53 heavy (non-hydrogen) atoms. The molecule has 0 radical (unpaired) electrons. The number of carbonyl (C=O) groups is 2. The summed E-state index contributed by atoms with van der Waals surface area (Å²) in [5.41, 5.74) is 0. The van der Waals surface area contributed by atoms with Gasteiger partial charge in [-0.05, 0) is 57.8 Å². The quantitative estimate of drug-likeness (QED) is 0.0241. The number of carbonyl (C=O) groups excluding carboxylic acids is 2. The zero-order chi connectivity index (χ0) is 39.1. The fraction of sp³-hybridized carbons (Fsp3) is 0.714. The minimum atomic E-state index is -4.64. The van der Waals surface area contributed by atoms with E-state index in [2.05, 4.69) is 74.6 Å². The van der Waals surface area contributed by atoms with Crippen LogP contribution >= 0.6 is 7.82 Å². The number of hydrogen-bond acceptors (Lipinski definition) is 9. The number of aliphatic hydroxyl groups excluding tert-OH is 2. The van der Waals surface area contributed by atoms with Crippen LogP contribution in [-0.4, -0.2) is 65.7 Å². The van der Waals surface area contributed by atoms with Gasteiger partial charge in [0.15, 0.2) is 0 Å². The minimum absolute atomic E-state index is 0.151. The molecular weight excluding hydrogens is 695 g/mol. The lowest BCUT2D eigenvalue weighted by molar-refractivity contribution is -0.153. The van der Waals surface area contributed by atoms with E-state index in [1.807, 2.05) is 0 Å². The first-order chi connectivity index (χ1) is 25.8. The van der Waals surface area contributed by atoms with Gasteiger partial charge in [-0.1, -0.05) is 145 Å². The molecule has 10 nitrogen and oxygen atoms in total. The van der Waals surface area contributed by atoms with Crippen molar-refractivity contribution in [3.63, 3.8) is 0 Å². The Hall–Kier alpha value is -2.33. The van der Waals surface area contributed by atoms with Crippen molar-refractivity contribution in [2.24, 2.45) is 0 Å². The molecule has 11 heteroatoms. The maximum atomic E-state index is 12.3. The fourth-order valence-electron chi connectivity index (χ4n) is 5.14. The average Bonchev–Trinajstić information content (AvgIpc) is 3.14. The molecule has 0 spiro atoms. The van der Waals surface area contributed by atoms with Crippen molar-refractivity contribution < 1.29 is 47.8 Å². The number of phosphoric acid groups is 1. The number of unbranched alkanes of at least 4 members (excludes halogenated alkanes) is 13. The van der Waals surface area contributed by atoms with Crippen LogP contribution in [0.1, 0.15) is 155 Å². The fourth-order valence-corrected chi connectivity index (χ4v) is 5.92. The smallest absolute Gasteiger partial charge is 0.457 e. The molecule has 0 rings (SSSR count). The van der Waals surface area contributed by atoms with Crippen molar-refractivity contribution >= 4 is 19.8 Å². The summed E-state index contributed by atoms with van der Waals surface area (Å²) in [6.45, 7) is 2.03. The first kappa shape index (κ1) is 50.7. The summed E-state index contributed by atoms with van der Waals surface area (Å²) in [4.78, 5) is 34.4. The van der Waals surface area contributed by atoms with Crippen LogP contribution in [0.25, 0.3) is 0 Å². The van der Waals surface area contributed by atoms with Gasteiger partial charge in [0.1, 0.15) is 12.2 Å². The standard InChI is InChI=1S/C42H73O10P/c1-3-5-7-9-11-13-15-16-17-18-19-20-21-22-24-26-28-30-32-34-42(46)52-40(36-44)38-50-53(47,48)49-37-39(35-43)51-41(45)33-31-29-27-25-23-14-12-10-8-6-4-2/h5,7,11,13,16-17,19-20,22,24,39-40,43-44H,3-4,6,8-10,12,14-15,18,21,23,25-38H2,1-2H3,(H,47,48)/b7-5-,13-11-,17-16-,20-19-,24-22-. The van der Waals surface area contributed by atoms with E-state index in [1.165, 1.54) is 44.9 Å². The highest BCUT2D eigenvalue weighted by Crippen LogP contribution is 2.43. The maximum absolute atomic E-state index is 12.3. The van der Waals surface area contributed by atoms with Crippen molar-refractivity contribution in [3.8, 4) is 0 Å². The summed E-state index contributed by atoms with van der Waals surface area (Å²) < 4.78 is 32.4. The molecule has 0 aliphatic heterocycles. The number of rotatable bonds is 37. The summed E-state index contributed by atoms with van der Waals surface area (Å²) in [6.07, 6.45) is 40.5. The molecule has 0 fully saturated rings. The first-order valence-corrected chi connectivity index (χ1v) is 21.7. The predicted molar refractivity (Wildman–Crippen MR) is 214 cm³/mol. The van der Waals surface area contributed by atoms with E-state index in [-0.39, 0.29) is 12.8 Å². The van der Waals surface area contributed by atoms with Crippen LogP contribution in [-0.2, 0) is 32.7 Å². The molecule has 0 aliphatic carbocycles. The second kappa shape index (κ2) is 38.0. The van der Waals surface area contributed by atoms with Gasteiger partial charge in [0.05, 0.1) is 26.4 Å². The van der Waals surface area contributed by atoms with E-state index in [0.29, 0.717) is 12.8 Å². The molecule has 3 unspecified atom stereocenters. The highest BCUT2D eigenvalue weighted by atomic mass is 31.2. The lowest BCUT2D eigenvalue weighted by Crippen LogP contribution is -2.28. The highest BCUT2D eigenvalue weighted by molar-refractivity contribution is 7.47. The summed E-state index contributed by atoms with van der Waals surface area (Å²) in [5.74, 6) is -1.06. The lowest BCUT2D eigenvalue weighted by Gasteiger charge is -2.20. The van der Waals surface area contributed by atoms with Crippen LogP contribution in [0.3, 0.4) is 0 Å². The van der Waals surface area contributed by atoms with Crippen molar-refractivity contribution in [1.29, 1.82) is 0 Å². The Bertz CT molecular complexity index is 1070. The van der Waals surface area contributed by atoms with Gasteiger partial charge in [-0.2, -0.15) is 0 Å². The molecule has 0 bridgehead atoms. The molecule has 0 aromatic carbocycles. The summed E-state index contributed by atoms with van der Waals surface area (Å²) in [6, 6.07) is 0. The van der Waals surface area contributed by atoms with Gasteiger partial charge < -0.3 is 24.6 Å². The number of allylic oxidation sites excluding steroid dienone is 10. The summed E-state index contributed by atoms with van der Waals surface area (Å²) >= 11 is 0. The van der Waals surface area contributed by atoms with Crippen LogP contribution in [0.4, 0.5) is 0 Å². The molecule has 3 atom stereocenters. The van der Waals surface area contributed by atoms with Crippen molar-refractivity contribution in [3.05, 3.63) is 60.8 Å². The van der Waals surface area contributed by atoms with Gasteiger partial charge in [0, 0.05) is 12.8 Å². The zero-order valence-corrected chi connectivity index (χ0v) is 33.9. The van der Waals surface area contributed by atoms with Crippen molar-refractivity contribution in [1.82, 2.24) is 0 Å². The van der Waals surface area contributed by atoms with E-state index >= 15 is 0 Å². The molecule has 0 aromatic heterocycles. The maximum Gasteiger partial charge on any atom is 0.472 e. The Labute approximate surface area is 321 Å². The Morgan fingerprint density at radius 3 is 1.28 bits per heavy atom. The number of phosphoric ester groups is 1. The second-order valence-corrected chi connectivity index (χ2v) is 14.7. The topological polar surface area (TPSA) is 149 Å². The van der Waals surface area contributed by atoms with Gasteiger partial charge in [-0.15, -0.1) is 0 Å². The van der Waals surface area contributed by atoms with Crippen LogP contribution < -0.4 is 0 Å². The second-order valence-electron chi connectivity index (χ2n) is 13.2. The molecule has 3 N–H and O–H groups in total. The van der Waals surface area contributed by atoms with E-state index < -0.39 is 58.4 Å². The molecule has 0 amide bonds. The van der Waals surface area contributed by atoms with Gasteiger partial charge in [0.25, 0.3) is 0 Å². The van der Waals surface area contributed by atoms with Crippen LogP contribution in [0.15, 0.2) is 60.8 Å². The number of esters is 2. The van der Waals surface area contributed by atoms with Crippen LogP contribution in [0.5, 0.6) is 0 Å². The Balaban J connectivity index is 4.02. The number of ether oxygens (including phenoxy) is 2. The largest absolute Gasteiger partial charge is 0.472 e. The highest BCUT2D eigenvalue weighted by Gasteiger charge is 2.27. The third kappa shape index (κ3) is 36.4. The average molecular weight is 769 g/mol. The molecule has 0 heterocycles. The first-order valence-electron chi connectivity index (χ1n) is 20.2. The molecule has 0 aromatic rings. The minimum Gasteiger partial charge on any atom is -0.457 e. The lowest BCUT2D eigenvalue weighted by atomic mass is 10.1. The van der Waals surface area contributed by atoms with Gasteiger partial charge in [-0.3, -0.25) is 18.6 Å². The van der Waals surface area contributed by atoms with E-state index in [4.69, 9.17) is 18.5 Å². The van der Waals surface area contributed by atoms with E-state index in [0.717, 1.165) is 70.6 Å². The van der Waals surface area contributed by atoms with E-state index in [1.54, 1.807) is 0 Å². The summed E-state index contributed by atoms with van der Waals surface area (Å²) in [5, 5.41) is 19.1. The monoisotopic (exact) mass is 768 g/mol. The van der Waals surface area contributed by atoms with E-state index in [9.17, 15) is 29.3 Å². The molecule has 0 saturated carbocycles. The van der Waals surface area contributed by atoms with Gasteiger partial charge >= 0.3 is 19.8 Å². The third-order valence-corrected chi connectivity index (χ3v) is 9.20. The molecule has 0 saturated heterocycles. The van der Waals surface area contributed by atoms with Crippen LogP contribution in [0, 0.1) is 0 Å². The zero-order valence-electron chi connectivity index (χ0n) is 33.0. The Morgan fingerprint density at radius 2 is 0.887 bits per heavy atom. The number of hydrogen-bond donors (Lipinski definition) is 3. The molecule has 306 valence electrons. The summed E-state index contributed by atoms with van der Waals surface area (Å²) in [7, 11) is -4.64. The van der Waals surface area contributed by atoms with Gasteiger partial charge in [0.2, 0.25) is 0 Å².